The van der Waals surface area contributed by atoms with E-state index in [0.717, 1.165) is 0 Å². The molecule has 1 aromatic heterocycles. The highest BCUT2D eigenvalue weighted by Gasteiger charge is 2.54. The molecular formula is C10H13N3O4. The van der Waals surface area contributed by atoms with Gasteiger partial charge >= 0.3 is 5.69 Å². The number of hydrogen-bond donors (Lipinski definition) is 2. The molecule has 2 bridgehead atoms. The molecule has 2 saturated heterocycles. The van der Waals surface area contributed by atoms with E-state index >= 15 is 0 Å². The third-order valence-corrected chi connectivity index (χ3v) is 3.27. The first-order valence-corrected chi connectivity index (χ1v) is 5.40. The van der Waals surface area contributed by atoms with E-state index in [9.17, 15) is 4.79 Å². The molecule has 7 nitrogen and oxygen atoms in total. The van der Waals surface area contributed by atoms with E-state index in [-0.39, 0.29) is 24.6 Å². The highest BCUT2D eigenvalue weighted by atomic mass is 16.6. The SMILES string of the molecule is Nc1ccn(C23COC(C2)C(CO)O3)c(=O)n1. The first kappa shape index (κ1) is 10.7. The van der Waals surface area contributed by atoms with Crippen LogP contribution in [0.1, 0.15) is 6.42 Å². The van der Waals surface area contributed by atoms with Crippen molar-refractivity contribution >= 4 is 5.82 Å². The Morgan fingerprint density at radius 3 is 3.18 bits per heavy atom. The van der Waals surface area contributed by atoms with E-state index in [1.807, 2.05) is 0 Å². The Hall–Kier alpha value is -1.44. The molecule has 2 aliphatic rings. The molecule has 3 atom stereocenters. The number of nitrogen functional groups attached to an aromatic ring is 1. The molecule has 0 aliphatic carbocycles. The summed E-state index contributed by atoms with van der Waals surface area (Å²) in [4.78, 5) is 15.4. The highest BCUT2D eigenvalue weighted by Crippen LogP contribution is 2.42. The zero-order valence-electron chi connectivity index (χ0n) is 9.07. The van der Waals surface area contributed by atoms with Gasteiger partial charge in [-0.05, 0) is 6.07 Å². The van der Waals surface area contributed by atoms with Gasteiger partial charge < -0.3 is 20.3 Å². The van der Waals surface area contributed by atoms with Crippen LogP contribution in [0.3, 0.4) is 0 Å². The molecule has 2 aliphatic heterocycles. The number of aliphatic hydroxyl groups excluding tert-OH is 1. The molecule has 3 N–H and O–H groups in total. The standard InChI is InChI=1S/C10H13N3O4/c11-8-1-2-13(9(15)12-8)10-3-6(16-5-10)7(4-14)17-10/h1-2,6-7,14H,3-5H2,(H2,11,12,15). The average Bonchev–Trinajstić information content (AvgIpc) is 2.86. The van der Waals surface area contributed by atoms with Crippen molar-refractivity contribution in [3.8, 4) is 0 Å². The molecular weight excluding hydrogens is 226 g/mol. The van der Waals surface area contributed by atoms with Crippen LogP contribution in [-0.4, -0.2) is 40.1 Å². The van der Waals surface area contributed by atoms with Crippen LogP contribution in [0.5, 0.6) is 0 Å². The van der Waals surface area contributed by atoms with Gasteiger partial charge in [-0.15, -0.1) is 0 Å². The zero-order chi connectivity index (χ0) is 12.0. The number of anilines is 1. The summed E-state index contributed by atoms with van der Waals surface area (Å²) < 4.78 is 12.6. The fourth-order valence-electron chi connectivity index (χ4n) is 2.45. The van der Waals surface area contributed by atoms with Gasteiger partial charge in [0.15, 0.2) is 5.72 Å². The molecule has 0 spiro atoms. The summed E-state index contributed by atoms with van der Waals surface area (Å²) in [6, 6.07) is 1.54. The fourth-order valence-corrected chi connectivity index (χ4v) is 2.45. The summed E-state index contributed by atoms with van der Waals surface area (Å²) in [6.45, 7) is 0.170. The van der Waals surface area contributed by atoms with Crippen molar-refractivity contribution in [2.75, 3.05) is 18.9 Å². The molecule has 0 amide bonds. The minimum absolute atomic E-state index is 0.121. The van der Waals surface area contributed by atoms with Crippen molar-refractivity contribution < 1.29 is 14.6 Å². The normalized spacial score (nSPS) is 35.4. The Kier molecular flexibility index (Phi) is 2.22. The predicted octanol–water partition coefficient (Wildman–Crippen LogP) is -1.34. The summed E-state index contributed by atoms with van der Waals surface area (Å²) in [5, 5.41) is 9.13. The minimum atomic E-state index is -0.837. The zero-order valence-corrected chi connectivity index (χ0v) is 9.07. The van der Waals surface area contributed by atoms with E-state index in [2.05, 4.69) is 4.98 Å². The summed E-state index contributed by atoms with van der Waals surface area (Å²) in [6.07, 6.45) is 1.55. The number of nitrogens with two attached hydrogens (primary N) is 1. The van der Waals surface area contributed by atoms with Gasteiger partial charge in [-0.2, -0.15) is 4.98 Å². The molecule has 0 radical (unpaired) electrons. The Morgan fingerprint density at radius 2 is 2.53 bits per heavy atom. The maximum absolute atomic E-state index is 11.8. The third-order valence-electron chi connectivity index (χ3n) is 3.27. The number of ether oxygens (including phenoxy) is 2. The lowest BCUT2D eigenvalue weighted by atomic mass is 10.1. The summed E-state index contributed by atoms with van der Waals surface area (Å²) in [5.74, 6) is 0.176. The second kappa shape index (κ2) is 3.52. The van der Waals surface area contributed by atoms with Crippen LogP contribution in [0.4, 0.5) is 5.82 Å². The second-order valence-electron chi connectivity index (χ2n) is 4.34. The molecule has 0 aromatic carbocycles. The van der Waals surface area contributed by atoms with Gasteiger partial charge in [0, 0.05) is 12.6 Å². The Labute approximate surface area is 96.8 Å². The van der Waals surface area contributed by atoms with E-state index in [4.69, 9.17) is 20.3 Å². The lowest BCUT2D eigenvalue weighted by molar-refractivity contribution is -0.189. The second-order valence-corrected chi connectivity index (χ2v) is 4.34. The number of fused-ring (bicyclic) bond motifs is 2. The van der Waals surface area contributed by atoms with Crippen molar-refractivity contribution in [1.29, 1.82) is 0 Å². The van der Waals surface area contributed by atoms with Gasteiger partial charge in [0.1, 0.15) is 11.9 Å². The molecule has 2 fully saturated rings. The van der Waals surface area contributed by atoms with Gasteiger partial charge in [0.05, 0.1) is 19.3 Å². The van der Waals surface area contributed by atoms with Gasteiger partial charge in [0.2, 0.25) is 0 Å². The molecule has 3 heterocycles. The maximum Gasteiger partial charge on any atom is 0.351 e. The fraction of sp³-hybridized carbons (Fsp3) is 0.600. The largest absolute Gasteiger partial charge is 0.394 e. The predicted molar refractivity (Wildman–Crippen MR) is 57.2 cm³/mol. The van der Waals surface area contributed by atoms with Crippen molar-refractivity contribution in [3.05, 3.63) is 22.7 Å². The molecule has 3 rings (SSSR count). The molecule has 3 unspecified atom stereocenters. The maximum atomic E-state index is 11.8. The van der Waals surface area contributed by atoms with Crippen molar-refractivity contribution in [3.63, 3.8) is 0 Å². The molecule has 1 aromatic rings. The van der Waals surface area contributed by atoms with Gasteiger partial charge in [-0.25, -0.2) is 4.79 Å². The number of aromatic nitrogens is 2. The van der Waals surface area contributed by atoms with Crippen LogP contribution in [0.25, 0.3) is 0 Å². The van der Waals surface area contributed by atoms with Crippen LogP contribution < -0.4 is 11.4 Å². The molecule has 17 heavy (non-hydrogen) atoms. The van der Waals surface area contributed by atoms with Crippen LogP contribution in [0.2, 0.25) is 0 Å². The summed E-state index contributed by atoms with van der Waals surface area (Å²) >= 11 is 0. The van der Waals surface area contributed by atoms with Gasteiger partial charge in [-0.3, -0.25) is 4.57 Å². The van der Waals surface area contributed by atoms with Crippen molar-refractivity contribution in [2.24, 2.45) is 0 Å². The first-order valence-electron chi connectivity index (χ1n) is 5.40. The Morgan fingerprint density at radius 1 is 1.71 bits per heavy atom. The monoisotopic (exact) mass is 239 g/mol. The third kappa shape index (κ3) is 1.47. The average molecular weight is 239 g/mol. The number of hydrogen-bond acceptors (Lipinski definition) is 6. The van der Waals surface area contributed by atoms with Gasteiger partial charge in [-0.1, -0.05) is 0 Å². The first-order chi connectivity index (χ1) is 8.14. The van der Waals surface area contributed by atoms with E-state index < -0.39 is 11.4 Å². The lowest BCUT2D eigenvalue weighted by Gasteiger charge is -2.31. The van der Waals surface area contributed by atoms with Crippen molar-refractivity contribution in [2.45, 2.75) is 24.4 Å². The minimum Gasteiger partial charge on any atom is -0.394 e. The van der Waals surface area contributed by atoms with Crippen LogP contribution >= 0.6 is 0 Å². The van der Waals surface area contributed by atoms with Crippen molar-refractivity contribution in [1.82, 2.24) is 9.55 Å². The summed E-state index contributed by atoms with van der Waals surface area (Å²) in [5.41, 5.74) is 4.14. The highest BCUT2D eigenvalue weighted by molar-refractivity contribution is 5.24. The van der Waals surface area contributed by atoms with Crippen LogP contribution in [0.15, 0.2) is 17.1 Å². The molecule has 0 saturated carbocycles. The Balaban J connectivity index is 2.02. The number of aliphatic hydroxyl groups is 1. The number of nitrogens with zero attached hydrogens (tertiary/aromatic N) is 2. The van der Waals surface area contributed by atoms with Gasteiger partial charge in [0.25, 0.3) is 0 Å². The quantitative estimate of drug-likeness (QED) is 0.662. The summed E-state index contributed by atoms with van der Waals surface area (Å²) in [7, 11) is 0. The smallest absolute Gasteiger partial charge is 0.351 e. The number of rotatable bonds is 2. The van der Waals surface area contributed by atoms with Crippen LogP contribution in [0, 0.1) is 0 Å². The Bertz CT molecular complexity index is 503. The lowest BCUT2D eigenvalue weighted by Crippen LogP contribution is -2.46. The molecule has 7 heteroatoms. The molecule has 92 valence electrons. The topological polar surface area (TPSA) is 99.6 Å². The van der Waals surface area contributed by atoms with E-state index in [0.29, 0.717) is 13.0 Å². The van der Waals surface area contributed by atoms with E-state index in [1.54, 1.807) is 12.3 Å². The van der Waals surface area contributed by atoms with Crippen LogP contribution in [-0.2, 0) is 15.2 Å². The van der Waals surface area contributed by atoms with E-state index in [1.165, 1.54) is 4.57 Å².